The maximum Gasteiger partial charge on any atom is 0.256 e. The Labute approximate surface area is 162 Å². The fourth-order valence-electron chi connectivity index (χ4n) is 3.39. The summed E-state index contributed by atoms with van der Waals surface area (Å²) in [6.07, 6.45) is 1.54. The summed E-state index contributed by atoms with van der Waals surface area (Å²) >= 11 is 0. The van der Waals surface area contributed by atoms with Crippen molar-refractivity contribution in [3.05, 3.63) is 63.3 Å². The minimum absolute atomic E-state index is 0.272. The molecule has 0 amide bonds. The van der Waals surface area contributed by atoms with Gasteiger partial charge in [0.2, 0.25) is 15.0 Å². The molecule has 3 heterocycles. The Bertz CT molecular complexity index is 1180. The first-order valence-electron chi connectivity index (χ1n) is 8.88. The van der Waals surface area contributed by atoms with Gasteiger partial charge in [-0.05, 0) is 6.92 Å². The molecule has 8 nitrogen and oxygen atoms in total. The van der Waals surface area contributed by atoms with Crippen LogP contribution in [0.2, 0.25) is 0 Å². The zero-order valence-corrected chi connectivity index (χ0v) is 16.4. The summed E-state index contributed by atoms with van der Waals surface area (Å²) in [7, 11) is -3.56. The Morgan fingerprint density at radius 3 is 2.71 bits per heavy atom. The van der Waals surface area contributed by atoms with Gasteiger partial charge in [-0.1, -0.05) is 35.5 Å². The zero-order chi connectivity index (χ0) is 19.9. The van der Waals surface area contributed by atoms with Crippen LogP contribution < -0.4 is 5.56 Å². The van der Waals surface area contributed by atoms with E-state index < -0.39 is 15.4 Å². The molecule has 28 heavy (non-hydrogen) atoms. The first kappa shape index (κ1) is 18.6. The Kier molecular flexibility index (Phi) is 4.64. The highest BCUT2D eigenvalue weighted by atomic mass is 32.2. The van der Waals surface area contributed by atoms with Gasteiger partial charge in [-0.3, -0.25) is 14.7 Å². The molecule has 0 unspecified atom stereocenters. The molecule has 146 valence electrons. The van der Waals surface area contributed by atoms with Crippen molar-refractivity contribution < 1.29 is 12.9 Å². The van der Waals surface area contributed by atoms with Crippen LogP contribution in [0.4, 0.5) is 0 Å². The number of hydrogen-bond donors (Lipinski definition) is 1. The van der Waals surface area contributed by atoms with E-state index in [-0.39, 0.29) is 5.16 Å². The third-order valence-corrected chi connectivity index (χ3v) is 5.79. The van der Waals surface area contributed by atoms with Gasteiger partial charge in [0.25, 0.3) is 5.56 Å². The van der Waals surface area contributed by atoms with Gasteiger partial charge in [-0.15, -0.1) is 0 Å². The highest BCUT2D eigenvalue weighted by Crippen LogP contribution is 2.27. The van der Waals surface area contributed by atoms with Crippen LogP contribution in [0.1, 0.15) is 22.6 Å². The second kappa shape index (κ2) is 6.99. The van der Waals surface area contributed by atoms with Crippen molar-refractivity contribution in [2.24, 2.45) is 0 Å². The standard InChI is InChI=1S/C19H20N4O4S/c1-12-14(17(22-27-12)13-6-4-3-5-7-13)10-23-9-8-16-15(11-23)18(24)21-19(20-16)28(2,25)26/h3-7H,8-11H2,1-2H3,(H,20,21,24). The molecule has 1 aliphatic rings. The van der Waals surface area contributed by atoms with E-state index in [4.69, 9.17) is 4.52 Å². The minimum atomic E-state index is -3.56. The summed E-state index contributed by atoms with van der Waals surface area (Å²) in [5.74, 6) is 0.740. The number of H-pyrrole nitrogens is 1. The number of aromatic amines is 1. The van der Waals surface area contributed by atoms with Crippen molar-refractivity contribution in [1.82, 2.24) is 20.0 Å². The van der Waals surface area contributed by atoms with Crippen LogP contribution in [-0.2, 0) is 29.3 Å². The average Bonchev–Trinajstić information content (AvgIpc) is 3.02. The number of aryl methyl sites for hydroxylation is 1. The number of benzene rings is 1. The summed E-state index contributed by atoms with van der Waals surface area (Å²) in [5, 5.41) is 3.93. The second-order valence-electron chi connectivity index (χ2n) is 6.96. The average molecular weight is 400 g/mol. The van der Waals surface area contributed by atoms with Crippen molar-refractivity contribution in [3.8, 4) is 11.3 Å². The monoisotopic (exact) mass is 400 g/mol. The Hall–Kier alpha value is -2.78. The summed E-state index contributed by atoms with van der Waals surface area (Å²) in [4.78, 5) is 21.1. The third kappa shape index (κ3) is 3.50. The van der Waals surface area contributed by atoms with Crippen LogP contribution in [-0.4, -0.2) is 41.2 Å². The lowest BCUT2D eigenvalue weighted by molar-refractivity contribution is 0.239. The lowest BCUT2D eigenvalue weighted by atomic mass is 10.0. The molecular formula is C19H20N4O4S. The summed E-state index contributed by atoms with van der Waals surface area (Å²) in [6.45, 7) is 3.50. The van der Waals surface area contributed by atoms with Crippen molar-refractivity contribution in [1.29, 1.82) is 0 Å². The van der Waals surface area contributed by atoms with Crippen molar-refractivity contribution in [2.75, 3.05) is 12.8 Å². The summed E-state index contributed by atoms with van der Waals surface area (Å²) in [6, 6.07) is 9.80. The van der Waals surface area contributed by atoms with Gasteiger partial charge in [-0.25, -0.2) is 13.4 Å². The SMILES string of the molecule is Cc1onc(-c2ccccc2)c1CN1CCc2nc(S(C)(=O)=O)[nH]c(=O)c2C1. The van der Waals surface area contributed by atoms with Crippen LogP contribution in [0.3, 0.4) is 0 Å². The molecular weight excluding hydrogens is 380 g/mol. The molecule has 0 radical (unpaired) electrons. The van der Waals surface area contributed by atoms with Gasteiger partial charge in [0, 0.05) is 43.4 Å². The molecule has 3 aromatic rings. The van der Waals surface area contributed by atoms with Gasteiger partial charge in [0.1, 0.15) is 11.5 Å². The van der Waals surface area contributed by atoms with Crippen LogP contribution in [0.5, 0.6) is 0 Å². The molecule has 0 bridgehead atoms. The minimum Gasteiger partial charge on any atom is -0.361 e. The van der Waals surface area contributed by atoms with Gasteiger partial charge < -0.3 is 4.52 Å². The Balaban J connectivity index is 1.62. The molecule has 0 saturated carbocycles. The second-order valence-corrected chi connectivity index (χ2v) is 8.89. The van der Waals surface area contributed by atoms with E-state index in [0.717, 1.165) is 28.8 Å². The molecule has 2 aromatic heterocycles. The van der Waals surface area contributed by atoms with Gasteiger partial charge in [0.05, 0.1) is 11.3 Å². The van der Waals surface area contributed by atoms with Crippen LogP contribution in [0, 0.1) is 6.92 Å². The van der Waals surface area contributed by atoms with Crippen molar-refractivity contribution in [2.45, 2.75) is 31.6 Å². The zero-order valence-electron chi connectivity index (χ0n) is 15.6. The fraction of sp³-hybridized carbons (Fsp3) is 0.316. The molecule has 4 rings (SSSR count). The van der Waals surface area contributed by atoms with Crippen LogP contribution >= 0.6 is 0 Å². The summed E-state index contributed by atoms with van der Waals surface area (Å²) in [5.41, 5.74) is 3.40. The predicted molar refractivity (Wildman–Crippen MR) is 102 cm³/mol. The molecule has 0 aliphatic carbocycles. The largest absolute Gasteiger partial charge is 0.361 e. The highest BCUT2D eigenvalue weighted by molar-refractivity contribution is 7.90. The molecule has 0 atom stereocenters. The number of fused-ring (bicyclic) bond motifs is 1. The van der Waals surface area contributed by atoms with E-state index in [2.05, 4.69) is 20.0 Å². The summed E-state index contributed by atoms with van der Waals surface area (Å²) < 4.78 is 28.8. The van der Waals surface area contributed by atoms with Crippen LogP contribution in [0.25, 0.3) is 11.3 Å². The molecule has 1 N–H and O–H groups in total. The number of sulfone groups is 1. The predicted octanol–water partition coefficient (Wildman–Crippen LogP) is 1.70. The van der Waals surface area contributed by atoms with E-state index in [1.54, 1.807) is 0 Å². The maximum atomic E-state index is 12.4. The normalized spacial score (nSPS) is 14.8. The molecule has 9 heteroatoms. The number of aromatic nitrogens is 3. The van der Waals surface area contributed by atoms with E-state index in [1.807, 2.05) is 37.3 Å². The lowest BCUT2D eigenvalue weighted by Crippen LogP contribution is -2.36. The number of rotatable bonds is 4. The fourth-order valence-corrected chi connectivity index (χ4v) is 3.95. The number of nitrogens with one attached hydrogen (secondary N) is 1. The highest BCUT2D eigenvalue weighted by Gasteiger charge is 2.25. The molecule has 0 spiro atoms. The molecule has 1 aliphatic heterocycles. The van der Waals surface area contributed by atoms with Gasteiger partial charge in [-0.2, -0.15) is 0 Å². The van der Waals surface area contributed by atoms with Crippen LogP contribution in [0.15, 0.2) is 44.8 Å². The van der Waals surface area contributed by atoms with E-state index >= 15 is 0 Å². The number of hydrogen-bond acceptors (Lipinski definition) is 7. The molecule has 0 fully saturated rings. The molecule has 1 aromatic carbocycles. The van der Waals surface area contributed by atoms with E-state index in [9.17, 15) is 13.2 Å². The van der Waals surface area contributed by atoms with Crippen molar-refractivity contribution in [3.63, 3.8) is 0 Å². The smallest absolute Gasteiger partial charge is 0.256 e. The lowest BCUT2D eigenvalue weighted by Gasteiger charge is -2.27. The molecule has 0 saturated heterocycles. The van der Waals surface area contributed by atoms with Gasteiger partial charge in [0.15, 0.2) is 0 Å². The Morgan fingerprint density at radius 1 is 1.25 bits per heavy atom. The topological polar surface area (TPSA) is 109 Å². The third-order valence-electron chi connectivity index (χ3n) is 4.89. The van der Waals surface area contributed by atoms with Gasteiger partial charge >= 0.3 is 0 Å². The van der Waals surface area contributed by atoms with Crippen molar-refractivity contribution >= 4 is 9.84 Å². The van der Waals surface area contributed by atoms with E-state index in [0.29, 0.717) is 37.3 Å². The quantitative estimate of drug-likeness (QED) is 0.664. The first-order chi connectivity index (χ1) is 13.3. The van der Waals surface area contributed by atoms with E-state index in [1.165, 1.54) is 0 Å². The Morgan fingerprint density at radius 2 is 2.00 bits per heavy atom. The first-order valence-corrected chi connectivity index (χ1v) is 10.8. The maximum absolute atomic E-state index is 12.4. The number of nitrogens with zero attached hydrogens (tertiary/aromatic N) is 3.